The summed E-state index contributed by atoms with van der Waals surface area (Å²) in [6.07, 6.45) is 0. The first-order chi connectivity index (χ1) is 8.45. The van der Waals surface area contributed by atoms with Crippen molar-refractivity contribution in [2.75, 3.05) is 13.2 Å². The Hall–Kier alpha value is -1.21. The molecule has 1 rings (SSSR count). The van der Waals surface area contributed by atoms with Crippen LogP contribution in [0.2, 0.25) is 4.47 Å². The van der Waals surface area contributed by atoms with E-state index in [1.165, 1.54) is 4.90 Å². The molecule has 1 heterocycles. The molecule has 0 bridgehead atoms. The van der Waals surface area contributed by atoms with Gasteiger partial charge in [-0.25, -0.2) is 0 Å². The minimum absolute atomic E-state index is 0.110. The fourth-order valence-corrected chi connectivity index (χ4v) is 2.03. The number of carbonyl (C=O) groups is 2. The molecule has 1 amide bonds. The Balaban J connectivity index is 2.79. The summed E-state index contributed by atoms with van der Waals surface area (Å²) < 4.78 is 5.02. The quantitative estimate of drug-likeness (QED) is 0.771. The zero-order chi connectivity index (χ0) is 13.7. The molecule has 0 N–H and O–H groups in total. The molecule has 1 aromatic heterocycles. The van der Waals surface area contributed by atoms with E-state index >= 15 is 0 Å². The summed E-state index contributed by atoms with van der Waals surface area (Å²) >= 11 is 6.61. The predicted molar refractivity (Wildman–Crippen MR) is 67.7 cm³/mol. The first kappa shape index (κ1) is 14.8. The third-order valence-electron chi connectivity index (χ3n) is 2.07. The Morgan fingerprint density at radius 2 is 2.11 bits per heavy atom. The SMILES string of the molecule is CCOC(=O)CN(C(=O)c1nnc(Cl)s1)C(C)C. The number of esters is 1. The van der Waals surface area contributed by atoms with Gasteiger partial charge >= 0.3 is 5.97 Å². The van der Waals surface area contributed by atoms with Gasteiger partial charge in [0.1, 0.15) is 6.54 Å². The molecular formula is C10H14ClN3O3S. The van der Waals surface area contributed by atoms with Crippen molar-refractivity contribution in [3.05, 3.63) is 9.47 Å². The lowest BCUT2D eigenvalue weighted by molar-refractivity contribution is -0.144. The normalized spacial score (nSPS) is 10.5. The second kappa shape index (κ2) is 6.65. The van der Waals surface area contributed by atoms with E-state index in [9.17, 15) is 9.59 Å². The van der Waals surface area contributed by atoms with Crippen LogP contribution >= 0.6 is 22.9 Å². The Morgan fingerprint density at radius 1 is 1.44 bits per heavy atom. The van der Waals surface area contributed by atoms with Crippen molar-refractivity contribution in [3.8, 4) is 0 Å². The lowest BCUT2D eigenvalue weighted by Crippen LogP contribution is -2.41. The highest BCUT2D eigenvalue weighted by Crippen LogP contribution is 2.17. The van der Waals surface area contributed by atoms with Gasteiger partial charge in [0.05, 0.1) is 6.61 Å². The molecule has 1 aromatic rings. The van der Waals surface area contributed by atoms with E-state index in [4.69, 9.17) is 16.3 Å². The standard InChI is InChI=1S/C10H14ClN3O3S/c1-4-17-7(15)5-14(6(2)3)9(16)8-12-13-10(11)18-8/h6H,4-5H2,1-3H3. The van der Waals surface area contributed by atoms with E-state index in [2.05, 4.69) is 10.2 Å². The maximum atomic E-state index is 12.1. The van der Waals surface area contributed by atoms with Crippen molar-refractivity contribution in [2.24, 2.45) is 0 Å². The van der Waals surface area contributed by atoms with Crippen molar-refractivity contribution in [3.63, 3.8) is 0 Å². The van der Waals surface area contributed by atoms with Crippen molar-refractivity contribution in [1.82, 2.24) is 15.1 Å². The highest BCUT2D eigenvalue weighted by Gasteiger charge is 2.25. The minimum Gasteiger partial charge on any atom is -0.465 e. The van der Waals surface area contributed by atoms with Gasteiger partial charge in [-0.15, -0.1) is 10.2 Å². The summed E-state index contributed by atoms with van der Waals surface area (Å²) in [5, 5.41) is 7.40. The molecule has 100 valence electrons. The molecule has 0 aliphatic heterocycles. The molecule has 0 radical (unpaired) electrons. The number of ether oxygens (including phenoxy) is 1. The first-order valence-electron chi connectivity index (χ1n) is 5.41. The van der Waals surface area contributed by atoms with Crippen molar-refractivity contribution in [1.29, 1.82) is 0 Å². The number of nitrogens with zero attached hydrogens (tertiary/aromatic N) is 3. The van der Waals surface area contributed by atoms with Gasteiger partial charge in [0.2, 0.25) is 9.47 Å². The largest absolute Gasteiger partial charge is 0.465 e. The number of carbonyl (C=O) groups excluding carboxylic acids is 2. The lowest BCUT2D eigenvalue weighted by atomic mass is 10.3. The second-order valence-electron chi connectivity index (χ2n) is 3.69. The van der Waals surface area contributed by atoms with E-state index in [0.29, 0.717) is 0 Å². The summed E-state index contributed by atoms with van der Waals surface area (Å²) in [4.78, 5) is 24.9. The van der Waals surface area contributed by atoms with Crippen LogP contribution in [-0.4, -0.2) is 46.2 Å². The molecule has 0 spiro atoms. The van der Waals surface area contributed by atoms with Crippen LogP contribution < -0.4 is 0 Å². The van der Waals surface area contributed by atoms with Crippen LogP contribution in [0.3, 0.4) is 0 Å². The van der Waals surface area contributed by atoms with Gasteiger partial charge in [-0.3, -0.25) is 9.59 Å². The predicted octanol–water partition coefficient (Wildman–Crippen LogP) is 1.61. The number of aromatic nitrogens is 2. The van der Waals surface area contributed by atoms with Crippen LogP contribution in [0.15, 0.2) is 0 Å². The van der Waals surface area contributed by atoms with Gasteiger partial charge in [-0.2, -0.15) is 0 Å². The molecule has 0 unspecified atom stereocenters. The van der Waals surface area contributed by atoms with E-state index in [1.807, 2.05) is 0 Å². The number of halogens is 1. The lowest BCUT2D eigenvalue weighted by Gasteiger charge is -2.24. The average molecular weight is 292 g/mol. The Labute approximate surface area is 114 Å². The van der Waals surface area contributed by atoms with E-state index in [0.717, 1.165) is 11.3 Å². The maximum Gasteiger partial charge on any atom is 0.325 e. The zero-order valence-corrected chi connectivity index (χ0v) is 11.9. The average Bonchev–Trinajstić information content (AvgIpc) is 2.72. The molecule has 0 aromatic carbocycles. The van der Waals surface area contributed by atoms with Crippen molar-refractivity contribution < 1.29 is 14.3 Å². The van der Waals surface area contributed by atoms with Gasteiger partial charge in [-0.05, 0) is 32.4 Å². The smallest absolute Gasteiger partial charge is 0.325 e. The number of hydrogen-bond acceptors (Lipinski definition) is 6. The summed E-state index contributed by atoms with van der Waals surface area (Å²) in [5.41, 5.74) is 0. The fraction of sp³-hybridized carbons (Fsp3) is 0.600. The zero-order valence-electron chi connectivity index (χ0n) is 10.3. The Bertz CT molecular complexity index is 436. The highest BCUT2D eigenvalue weighted by molar-refractivity contribution is 7.17. The van der Waals surface area contributed by atoms with Crippen LogP contribution in [0, 0.1) is 0 Å². The van der Waals surface area contributed by atoms with Gasteiger partial charge in [0.15, 0.2) is 0 Å². The number of rotatable bonds is 5. The third kappa shape index (κ3) is 3.92. The first-order valence-corrected chi connectivity index (χ1v) is 6.60. The van der Waals surface area contributed by atoms with Crippen LogP contribution in [0.25, 0.3) is 0 Å². The van der Waals surface area contributed by atoms with Gasteiger partial charge < -0.3 is 9.64 Å². The molecule has 0 saturated carbocycles. The second-order valence-corrected chi connectivity index (χ2v) is 5.25. The number of amides is 1. The fourth-order valence-electron chi connectivity index (χ4n) is 1.25. The highest BCUT2D eigenvalue weighted by atomic mass is 35.5. The van der Waals surface area contributed by atoms with Gasteiger partial charge in [-0.1, -0.05) is 11.3 Å². The minimum atomic E-state index is -0.449. The number of hydrogen-bond donors (Lipinski definition) is 0. The summed E-state index contributed by atoms with van der Waals surface area (Å²) in [7, 11) is 0. The van der Waals surface area contributed by atoms with Crippen LogP contribution in [0.4, 0.5) is 0 Å². The third-order valence-corrected chi connectivity index (χ3v) is 3.08. The van der Waals surface area contributed by atoms with Crippen LogP contribution in [0.1, 0.15) is 30.6 Å². The van der Waals surface area contributed by atoms with Crippen LogP contribution in [0.5, 0.6) is 0 Å². The van der Waals surface area contributed by atoms with E-state index < -0.39 is 5.97 Å². The summed E-state index contributed by atoms with van der Waals surface area (Å²) in [5.74, 6) is -0.822. The molecular weight excluding hydrogens is 278 g/mol. The molecule has 0 atom stereocenters. The molecule has 18 heavy (non-hydrogen) atoms. The Kier molecular flexibility index (Phi) is 5.49. The van der Waals surface area contributed by atoms with Crippen molar-refractivity contribution >= 4 is 34.8 Å². The summed E-state index contributed by atoms with van der Waals surface area (Å²) in [6, 6.07) is -0.149. The van der Waals surface area contributed by atoms with Gasteiger partial charge in [0, 0.05) is 6.04 Å². The molecule has 8 heteroatoms. The van der Waals surface area contributed by atoms with Gasteiger partial charge in [0.25, 0.3) is 5.91 Å². The van der Waals surface area contributed by atoms with Crippen LogP contribution in [-0.2, 0) is 9.53 Å². The molecule has 0 aliphatic carbocycles. The maximum absolute atomic E-state index is 12.1. The topological polar surface area (TPSA) is 72.4 Å². The summed E-state index contributed by atoms with van der Waals surface area (Å²) in [6.45, 7) is 5.49. The molecule has 0 saturated heterocycles. The van der Waals surface area contributed by atoms with Crippen molar-refractivity contribution in [2.45, 2.75) is 26.8 Å². The van der Waals surface area contributed by atoms with E-state index in [1.54, 1.807) is 20.8 Å². The van der Waals surface area contributed by atoms with E-state index in [-0.39, 0.29) is 34.6 Å². The molecule has 6 nitrogen and oxygen atoms in total. The molecule has 0 aliphatic rings. The monoisotopic (exact) mass is 291 g/mol. The Morgan fingerprint density at radius 3 is 2.56 bits per heavy atom. The molecule has 0 fully saturated rings.